The summed E-state index contributed by atoms with van der Waals surface area (Å²) in [6, 6.07) is 0. The summed E-state index contributed by atoms with van der Waals surface area (Å²) in [5.41, 5.74) is 1.23. The molecule has 1 rings (SSSR count). The normalized spacial score (nSPS) is 21.9. The molecule has 1 aliphatic carbocycles. The molecular formula is C27H48O5S. The first-order valence-electron chi connectivity index (χ1n) is 13.4. The number of aliphatic hydroxyl groups excluding tert-OH is 1. The van der Waals surface area contributed by atoms with Crippen molar-refractivity contribution in [3.05, 3.63) is 11.6 Å². The van der Waals surface area contributed by atoms with Crippen LogP contribution in [0.15, 0.2) is 11.6 Å². The zero-order valence-electron chi connectivity index (χ0n) is 21.1. The number of aliphatic hydroxyl groups is 1. The van der Waals surface area contributed by atoms with Gasteiger partial charge in [-0.05, 0) is 38.5 Å². The van der Waals surface area contributed by atoms with Crippen LogP contribution in [-0.4, -0.2) is 45.9 Å². The minimum absolute atomic E-state index is 0.00197. The molecule has 0 heterocycles. The van der Waals surface area contributed by atoms with Gasteiger partial charge in [-0.15, -0.1) is 0 Å². The molecule has 0 radical (unpaired) electrons. The number of hydrogen-bond donors (Lipinski definition) is 2. The van der Waals surface area contributed by atoms with Crippen LogP contribution >= 0.6 is 11.8 Å². The maximum absolute atomic E-state index is 11.7. The fourth-order valence-corrected chi connectivity index (χ4v) is 5.99. The molecule has 0 aliphatic heterocycles. The molecule has 1 saturated carbocycles. The van der Waals surface area contributed by atoms with Gasteiger partial charge in [0.2, 0.25) is 0 Å². The van der Waals surface area contributed by atoms with E-state index >= 15 is 0 Å². The van der Waals surface area contributed by atoms with Crippen molar-refractivity contribution in [1.29, 1.82) is 0 Å². The van der Waals surface area contributed by atoms with Crippen LogP contribution in [0.5, 0.6) is 0 Å². The summed E-state index contributed by atoms with van der Waals surface area (Å²) in [4.78, 5) is 22.8. The maximum Gasteiger partial charge on any atom is 0.306 e. The van der Waals surface area contributed by atoms with Crippen molar-refractivity contribution in [2.24, 2.45) is 5.92 Å². The molecule has 0 bridgehead atoms. The molecule has 1 fully saturated rings. The molecule has 6 heteroatoms. The highest BCUT2D eigenvalue weighted by Crippen LogP contribution is 2.38. The average molecular weight is 485 g/mol. The van der Waals surface area contributed by atoms with E-state index in [0.717, 1.165) is 19.3 Å². The number of esters is 1. The zero-order chi connectivity index (χ0) is 24.3. The minimum Gasteiger partial charge on any atom is -0.481 e. The summed E-state index contributed by atoms with van der Waals surface area (Å²) in [6.45, 7) is 4.43. The van der Waals surface area contributed by atoms with E-state index in [0.29, 0.717) is 25.2 Å². The Bertz CT molecular complexity index is 563. The highest BCUT2D eigenvalue weighted by Gasteiger charge is 2.36. The second-order valence-corrected chi connectivity index (χ2v) is 10.6. The fourth-order valence-electron chi connectivity index (χ4n) is 4.60. The van der Waals surface area contributed by atoms with E-state index in [1.165, 1.54) is 69.8 Å². The average Bonchev–Trinajstić information content (AvgIpc) is 2.78. The third-order valence-electron chi connectivity index (χ3n) is 6.52. The SMILES string of the molecule is CCCCCCCCCCCCC/C=C1\CC[C@@H](CC(=O)O)[C@H](O)[C@H]1SCCC(=O)OCC. The highest BCUT2D eigenvalue weighted by molar-refractivity contribution is 8.00. The first kappa shape index (κ1) is 30.0. The van der Waals surface area contributed by atoms with Gasteiger partial charge >= 0.3 is 11.9 Å². The van der Waals surface area contributed by atoms with Gasteiger partial charge in [0.15, 0.2) is 0 Å². The number of carbonyl (C=O) groups is 2. The lowest BCUT2D eigenvalue weighted by Gasteiger charge is -2.36. The topological polar surface area (TPSA) is 83.8 Å². The number of carboxylic acids is 1. The second kappa shape index (κ2) is 19.3. The summed E-state index contributed by atoms with van der Waals surface area (Å²) in [5.74, 6) is -0.718. The molecule has 0 aromatic heterocycles. The summed E-state index contributed by atoms with van der Waals surface area (Å²) in [6.07, 6.45) is 19.1. The largest absolute Gasteiger partial charge is 0.481 e. The molecular weight excluding hydrogens is 436 g/mol. The predicted molar refractivity (Wildman–Crippen MR) is 138 cm³/mol. The van der Waals surface area contributed by atoms with E-state index in [4.69, 9.17) is 4.74 Å². The number of hydrogen-bond acceptors (Lipinski definition) is 5. The van der Waals surface area contributed by atoms with Gasteiger partial charge < -0.3 is 14.9 Å². The van der Waals surface area contributed by atoms with Gasteiger partial charge in [0, 0.05) is 5.75 Å². The lowest BCUT2D eigenvalue weighted by atomic mass is 9.80. The van der Waals surface area contributed by atoms with Crippen molar-refractivity contribution >= 4 is 23.7 Å². The third-order valence-corrected chi connectivity index (χ3v) is 7.90. The Morgan fingerprint density at radius 1 is 1.00 bits per heavy atom. The molecule has 192 valence electrons. The highest BCUT2D eigenvalue weighted by atomic mass is 32.2. The van der Waals surface area contributed by atoms with E-state index < -0.39 is 12.1 Å². The van der Waals surface area contributed by atoms with Crippen LogP contribution in [0.4, 0.5) is 0 Å². The smallest absolute Gasteiger partial charge is 0.306 e. The van der Waals surface area contributed by atoms with Gasteiger partial charge in [-0.2, -0.15) is 11.8 Å². The Morgan fingerprint density at radius 3 is 2.18 bits per heavy atom. The lowest BCUT2D eigenvalue weighted by Crippen LogP contribution is -2.38. The van der Waals surface area contributed by atoms with Crippen molar-refractivity contribution in [3.8, 4) is 0 Å². The van der Waals surface area contributed by atoms with Crippen LogP contribution in [0, 0.1) is 5.92 Å². The van der Waals surface area contributed by atoms with Gasteiger partial charge in [0.25, 0.3) is 0 Å². The molecule has 0 amide bonds. The molecule has 1 aliphatic rings. The van der Waals surface area contributed by atoms with Crippen molar-refractivity contribution in [2.75, 3.05) is 12.4 Å². The monoisotopic (exact) mass is 484 g/mol. The molecule has 5 nitrogen and oxygen atoms in total. The number of aliphatic carboxylic acids is 1. The van der Waals surface area contributed by atoms with Gasteiger partial charge in [-0.1, -0.05) is 82.8 Å². The Balaban J connectivity index is 2.37. The van der Waals surface area contributed by atoms with Crippen molar-refractivity contribution in [2.45, 2.75) is 128 Å². The van der Waals surface area contributed by atoms with E-state index in [2.05, 4.69) is 13.0 Å². The first-order valence-corrected chi connectivity index (χ1v) is 14.4. The van der Waals surface area contributed by atoms with E-state index in [1.807, 2.05) is 0 Å². The van der Waals surface area contributed by atoms with E-state index in [9.17, 15) is 19.8 Å². The number of unbranched alkanes of at least 4 members (excludes halogenated alkanes) is 11. The predicted octanol–water partition coefficient (Wildman–Crippen LogP) is 6.91. The van der Waals surface area contributed by atoms with Crippen LogP contribution in [0.25, 0.3) is 0 Å². The number of thioether (sulfide) groups is 1. The number of ether oxygens (including phenoxy) is 1. The summed E-state index contributed by atoms with van der Waals surface area (Å²) in [5, 5.41) is 19.9. The number of allylic oxidation sites excluding steroid dienone is 1. The fraction of sp³-hybridized carbons (Fsp3) is 0.852. The molecule has 0 aromatic rings. The minimum atomic E-state index is -0.859. The van der Waals surface area contributed by atoms with Crippen LogP contribution in [0.3, 0.4) is 0 Å². The van der Waals surface area contributed by atoms with Crippen LogP contribution in [0.2, 0.25) is 0 Å². The van der Waals surface area contributed by atoms with Gasteiger partial charge in [0.1, 0.15) is 0 Å². The summed E-state index contributed by atoms with van der Waals surface area (Å²) in [7, 11) is 0. The summed E-state index contributed by atoms with van der Waals surface area (Å²) >= 11 is 1.57. The molecule has 0 saturated heterocycles. The van der Waals surface area contributed by atoms with Crippen LogP contribution in [0.1, 0.15) is 117 Å². The second-order valence-electron chi connectivity index (χ2n) is 9.34. The molecule has 2 N–H and O–H groups in total. The molecule has 3 atom stereocenters. The number of rotatable bonds is 19. The van der Waals surface area contributed by atoms with Crippen molar-refractivity contribution in [1.82, 2.24) is 0 Å². The molecule has 0 spiro atoms. The van der Waals surface area contributed by atoms with Crippen LogP contribution in [-0.2, 0) is 14.3 Å². The van der Waals surface area contributed by atoms with Crippen molar-refractivity contribution in [3.63, 3.8) is 0 Å². The Labute approximate surface area is 206 Å². The summed E-state index contributed by atoms with van der Waals surface area (Å²) < 4.78 is 5.00. The standard InChI is InChI=1S/C27H48O5S/c1-3-5-6-7-8-9-10-11-12-13-14-15-16-22-17-18-23(21-24(28)29)26(31)27(22)33-20-19-25(30)32-4-2/h16,23,26-27,31H,3-15,17-21H2,1-2H3,(H,28,29)/b22-16+/t23-,26-,27-/m0/s1. The quantitative estimate of drug-likeness (QED) is 0.118. The van der Waals surface area contributed by atoms with E-state index in [1.54, 1.807) is 18.7 Å². The van der Waals surface area contributed by atoms with E-state index in [-0.39, 0.29) is 23.6 Å². The zero-order valence-corrected chi connectivity index (χ0v) is 21.9. The Kier molecular flexibility index (Phi) is 17.6. The Morgan fingerprint density at radius 2 is 1.61 bits per heavy atom. The first-order chi connectivity index (χ1) is 16.0. The van der Waals surface area contributed by atoms with Crippen molar-refractivity contribution < 1.29 is 24.5 Å². The number of carbonyl (C=O) groups excluding carboxylic acids is 1. The van der Waals surface area contributed by atoms with Gasteiger partial charge in [-0.3, -0.25) is 9.59 Å². The molecule has 33 heavy (non-hydrogen) atoms. The maximum atomic E-state index is 11.7. The lowest BCUT2D eigenvalue weighted by molar-refractivity contribution is -0.142. The Hall–Kier alpha value is -1.01. The number of carboxylic acid groups (broad SMARTS) is 1. The molecule has 0 aromatic carbocycles. The molecule has 0 unspecified atom stereocenters. The third kappa shape index (κ3) is 14.1. The van der Waals surface area contributed by atoms with Gasteiger partial charge in [-0.25, -0.2) is 0 Å². The van der Waals surface area contributed by atoms with Crippen LogP contribution < -0.4 is 0 Å². The van der Waals surface area contributed by atoms with Gasteiger partial charge in [0.05, 0.1) is 30.8 Å².